The van der Waals surface area contributed by atoms with E-state index in [0.29, 0.717) is 16.3 Å². The lowest BCUT2D eigenvalue weighted by atomic mass is 10.1. The molecule has 2 aromatic carbocycles. The summed E-state index contributed by atoms with van der Waals surface area (Å²) in [6.07, 6.45) is 0.789. The van der Waals surface area contributed by atoms with E-state index in [-0.39, 0.29) is 5.91 Å². The Hall–Kier alpha value is -2.73. The summed E-state index contributed by atoms with van der Waals surface area (Å²) in [4.78, 5) is 27.5. The highest BCUT2D eigenvalue weighted by Gasteiger charge is 2.11. The average Bonchev–Trinajstić information content (AvgIpc) is 2.95. The van der Waals surface area contributed by atoms with Gasteiger partial charge in [0.1, 0.15) is 12.0 Å². The average molecular weight is 326 g/mol. The quantitative estimate of drug-likeness (QED) is 0.743. The molecule has 3 aromatic rings. The van der Waals surface area contributed by atoms with Gasteiger partial charge in [-0.3, -0.25) is 14.9 Å². The molecule has 0 bridgehead atoms. The molecule has 0 aliphatic heterocycles. The van der Waals surface area contributed by atoms with E-state index in [9.17, 15) is 9.59 Å². The second-order valence-electron chi connectivity index (χ2n) is 5.00. The predicted molar refractivity (Wildman–Crippen MR) is 90.7 cm³/mol. The predicted octanol–water partition coefficient (Wildman–Crippen LogP) is 3.68. The number of amides is 1. The second kappa shape index (κ2) is 6.18. The Morgan fingerprint density at radius 3 is 2.78 bits per heavy atom. The van der Waals surface area contributed by atoms with E-state index < -0.39 is 0 Å². The molecule has 1 N–H and O–H groups in total. The Bertz CT molecular complexity index is 902. The van der Waals surface area contributed by atoms with Crippen molar-refractivity contribution in [1.82, 2.24) is 4.98 Å². The summed E-state index contributed by atoms with van der Waals surface area (Å²) < 4.78 is 6.05. The van der Waals surface area contributed by atoms with Crippen LogP contribution in [0.25, 0.3) is 10.2 Å². The van der Waals surface area contributed by atoms with Gasteiger partial charge in [0.25, 0.3) is 5.91 Å². The minimum absolute atomic E-state index is 0.231. The molecule has 0 spiro atoms. The molecule has 1 aromatic heterocycles. The van der Waals surface area contributed by atoms with Gasteiger partial charge in [-0.1, -0.05) is 11.3 Å². The van der Waals surface area contributed by atoms with Crippen LogP contribution in [0.5, 0.6) is 5.75 Å². The summed E-state index contributed by atoms with van der Waals surface area (Å²) in [5.74, 6) is 0.508. The SMILES string of the molecule is COc1ccc(C(=O)Nc2nc3ccc(C=O)cc3s2)cc1C. The van der Waals surface area contributed by atoms with Crippen LogP contribution < -0.4 is 10.1 Å². The van der Waals surface area contributed by atoms with Crippen molar-refractivity contribution in [3.8, 4) is 5.75 Å². The number of carbonyl (C=O) groups excluding carboxylic acids is 2. The van der Waals surface area contributed by atoms with Gasteiger partial charge in [0.2, 0.25) is 0 Å². The van der Waals surface area contributed by atoms with Crippen LogP contribution in [0.3, 0.4) is 0 Å². The normalized spacial score (nSPS) is 10.5. The monoisotopic (exact) mass is 326 g/mol. The number of hydrogen-bond acceptors (Lipinski definition) is 5. The van der Waals surface area contributed by atoms with Gasteiger partial charge in [0, 0.05) is 11.1 Å². The number of methoxy groups -OCH3 is 1. The number of nitrogens with one attached hydrogen (secondary N) is 1. The van der Waals surface area contributed by atoms with Gasteiger partial charge in [-0.2, -0.15) is 0 Å². The number of thiazole rings is 1. The first kappa shape index (κ1) is 15.2. The third kappa shape index (κ3) is 3.07. The largest absolute Gasteiger partial charge is 0.496 e. The van der Waals surface area contributed by atoms with Crippen molar-refractivity contribution < 1.29 is 14.3 Å². The number of fused-ring (bicyclic) bond motifs is 1. The number of rotatable bonds is 4. The minimum Gasteiger partial charge on any atom is -0.496 e. The number of aromatic nitrogens is 1. The number of aryl methyl sites for hydroxylation is 1. The van der Waals surface area contributed by atoms with E-state index in [1.807, 2.05) is 6.92 Å². The van der Waals surface area contributed by atoms with E-state index >= 15 is 0 Å². The van der Waals surface area contributed by atoms with Gasteiger partial charge in [-0.15, -0.1) is 0 Å². The molecule has 116 valence electrons. The van der Waals surface area contributed by atoms with E-state index in [1.54, 1.807) is 43.5 Å². The first-order valence-electron chi connectivity index (χ1n) is 6.92. The number of carbonyl (C=O) groups is 2. The van der Waals surface area contributed by atoms with Crippen molar-refractivity contribution in [2.45, 2.75) is 6.92 Å². The Morgan fingerprint density at radius 1 is 1.26 bits per heavy atom. The van der Waals surface area contributed by atoms with Crippen molar-refractivity contribution in [2.24, 2.45) is 0 Å². The smallest absolute Gasteiger partial charge is 0.257 e. The van der Waals surface area contributed by atoms with Gasteiger partial charge < -0.3 is 4.74 Å². The summed E-state index contributed by atoms with van der Waals surface area (Å²) in [7, 11) is 1.59. The van der Waals surface area contributed by atoms with Crippen LogP contribution in [0.2, 0.25) is 0 Å². The molecular weight excluding hydrogens is 312 g/mol. The molecular formula is C17H14N2O3S. The molecule has 1 amide bonds. The number of benzene rings is 2. The maximum absolute atomic E-state index is 12.3. The van der Waals surface area contributed by atoms with Gasteiger partial charge in [-0.25, -0.2) is 4.98 Å². The molecule has 0 saturated heterocycles. The number of anilines is 1. The molecule has 23 heavy (non-hydrogen) atoms. The molecule has 1 heterocycles. The van der Waals surface area contributed by atoms with Crippen molar-refractivity contribution in [3.05, 3.63) is 53.1 Å². The summed E-state index contributed by atoms with van der Waals surface area (Å²) in [5.41, 5.74) is 2.77. The lowest BCUT2D eigenvalue weighted by Crippen LogP contribution is -2.11. The van der Waals surface area contributed by atoms with Gasteiger partial charge >= 0.3 is 0 Å². The summed E-state index contributed by atoms with van der Waals surface area (Å²) in [6, 6.07) is 10.5. The third-order valence-corrected chi connectivity index (χ3v) is 4.36. The Labute approximate surface area is 136 Å². The molecule has 6 heteroatoms. The maximum atomic E-state index is 12.3. The lowest BCUT2D eigenvalue weighted by molar-refractivity contribution is 0.102. The molecule has 0 radical (unpaired) electrons. The fraction of sp³-hybridized carbons (Fsp3) is 0.118. The van der Waals surface area contributed by atoms with Crippen molar-refractivity contribution >= 4 is 38.9 Å². The first-order valence-corrected chi connectivity index (χ1v) is 7.74. The zero-order valence-corrected chi connectivity index (χ0v) is 13.4. The van der Waals surface area contributed by atoms with Crippen LogP contribution in [0.1, 0.15) is 26.3 Å². The Kier molecular flexibility index (Phi) is 4.08. The standard InChI is InChI=1S/C17H14N2O3S/c1-10-7-12(4-6-14(10)22-2)16(21)19-17-18-13-5-3-11(9-20)8-15(13)23-17/h3-9H,1-2H3,(H,18,19,21). The second-order valence-corrected chi connectivity index (χ2v) is 6.03. The number of aldehydes is 1. The lowest BCUT2D eigenvalue weighted by Gasteiger charge is -2.06. The van der Waals surface area contributed by atoms with Crippen LogP contribution in [-0.4, -0.2) is 24.3 Å². The molecule has 0 aliphatic carbocycles. The van der Waals surface area contributed by atoms with Crippen molar-refractivity contribution in [2.75, 3.05) is 12.4 Å². The van der Waals surface area contributed by atoms with Gasteiger partial charge in [-0.05, 0) is 48.9 Å². The highest BCUT2D eigenvalue weighted by atomic mass is 32.1. The Morgan fingerprint density at radius 2 is 2.09 bits per heavy atom. The minimum atomic E-state index is -0.231. The number of hydrogen-bond donors (Lipinski definition) is 1. The van der Waals surface area contributed by atoms with E-state index in [1.165, 1.54) is 11.3 Å². The van der Waals surface area contributed by atoms with E-state index in [4.69, 9.17) is 4.74 Å². The Balaban J connectivity index is 1.84. The summed E-state index contributed by atoms with van der Waals surface area (Å²) in [5, 5.41) is 3.29. The summed E-state index contributed by atoms with van der Waals surface area (Å²) in [6.45, 7) is 1.88. The van der Waals surface area contributed by atoms with Crippen LogP contribution in [-0.2, 0) is 0 Å². The van der Waals surface area contributed by atoms with Gasteiger partial charge in [0.05, 0.1) is 17.3 Å². The molecule has 0 unspecified atom stereocenters. The molecule has 3 rings (SSSR count). The maximum Gasteiger partial charge on any atom is 0.257 e. The number of nitrogens with zero attached hydrogens (tertiary/aromatic N) is 1. The highest BCUT2D eigenvalue weighted by Crippen LogP contribution is 2.27. The van der Waals surface area contributed by atoms with E-state index in [0.717, 1.165) is 27.8 Å². The fourth-order valence-electron chi connectivity index (χ4n) is 2.26. The molecule has 5 nitrogen and oxygen atoms in total. The van der Waals surface area contributed by atoms with Crippen molar-refractivity contribution in [3.63, 3.8) is 0 Å². The fourth-order valence-corrected chi connectivity index (χ4v) is 3.17. The van der Waals surface area contributed by atoms with Crippen LogP contribution in [0.4, 0.5) is 5.13 Å². The number of ether oxygens (including phenoxy) is 1. The molecule has 0 atom stereocenters. The zero-order valence-electron chi connectivity index (χ0n) is 12.6. The van der Waals surface area contributed by atoms with E-state index in [2.05, 4.69) is 10.3 Å². The topological polar surface area (TPSA) is 68.3 Å². The molecule has 0 fully saturated rings. The van der Waals surface area contributed by atoms with Crippen molar-refractivity contribution in [1.29, 1.82) is 0 Å². The van der Waals surface area contributed by atoms with Crippen LogP contribution >= 0.6 is 11.3 Å². The van der Waals surface area contributed by atoms with Crippen LogP contribution in [0.15, 0.2) is 36.4 Å². The molecule has 0 aliphatic rings. The zero-order chi connectivity index (χ0) is 16.4. The first-order chi connectivity index (χ1) is 11.1. The highest BCUT2D eigenvalue weighted by molar-refractivity contribution is 7.22. The third-order valence-electron chi connectivity index (χ3n) is 3.43. The summed E-state index contributed by atoms with van der Waals surface area (Å²) >= 11 is 1.34. The van der Waals surface area contributed by atoms with Crippen LogP contribution in [0, 0.1) is 6.92 Å². The molecule has 0 saturated carbocycles. The van der Waals surface area contributed by atoms with Gasteiger partial charge in [0.15, 0.2) is 5.13 Å².